The van der Waals surface area contributed by atoms with Gasteiger partial charge in [0.2, 0.25) is 0 Å². The number of hydrogen-bond acceptors (Lipinski definition) is 5. The largest absolute Gasteiger partial charge is 0.493 e. The van der Waals surface area contributed by atoms with E-state index in [4.69, 9.17) is 19.5 Å². The molecule has 0 saturated carbocycles. The van der Waals surface area contributed by atoms with Gasteiger partial charge >= 0.3 is 0 Å². The SMILES string of the molecule is CCN(Cc1ccc(OC)c(OC)c1)C(=O)COc1ccc(CC#N)cc1. The van der Waals surface area contributed by atoms with Crippen LogP contribution in [0.15, 0.2) is 42.5 Å². The van der Waals surface area contributed by atoms with Gasteiger partial charge in [0.25, 0.3) is 5.91 Å². The number of methoxy groups -OCH3 is 2. The first-order valence-corrected chi connectivity index (χ1v) is 8.68. The van der Waals surface area contributed by atoms with Crippen LogP contribution in [0.2, 0.25) is 0 Å². The van der Waals surface area contributed by atoms with Crippen LogP contribution in [0.25, 0.3) is 0 Å². The Morgan fingerprint density at radius 2 is 1.70 bits per heavy atom. The molecular weight excluding hydrogens is 344 g/mol. The molecule has 0 saturated heterocycles. The van der Waals surface area contributed by atoms with Crippen molar-refractivity contribution in [3.8, 4) is 23.3 Å². The molecule has 1 amide bonds. The summed E-state index contributed by atoms with van der Waals surface area (Å²) >= 11 is 0. The van der Waals surface area contributed by atoms with Crippen LogP contribution in [0.3, 0.4) is 0 Å². The molecule has 0 heterocycles. The predicted molar refractivity (Wildman–Crippen MR) is 102 cm³/mol. The topological polar surface area (TPSA) is 71.8 Å². The zero-order valence-corrected chi connectivity index (χ0v) is 15.9. The monoisotopic (exact) mass is 368 g/mol. The molecule has 0 radical (unpaired) electrons. The summed E-state index contributed by atoms with van der Waals surface area (Å²) in [7, 11) is 3.17. The van der Waals surface area contributed by atoms with Crippen LogP contribution in [0.5, 0.6) is 17.2 Å². The van der Waals surface area contributed by atoms with Gasteiger partial charge in [0.15, 0.2) is 18.1 Å². The third-order valence-corrected chi connectivity index (χ3v) is 4.12. The molecule has 27 heavy (non-hydrogen) atoms. The van der Waals surface area contributed by atoms with E-state index in [1.807, 2.05) is 37.3 Å². The van der Waals surface area contributed by atoms with Gasteiger partial charge in [-0.05, 0) is 42.3 Å². The van der Waals surface area contributed by atoms with Gasteiger partial charge in [-0.1, -0.05) is 18.2 Å². The summed E-state index contributed by atoms with van der Waals surface area (Å²) < 4.78 is 16.1. The molecule has 142 valence electrons. The number of ether oxygens (including phenoxy) is 3. The van der Waals surface area contributed by atoms with Crippen LogP contribution in [-0.2, 0) is 17.8 Å². The summed E-state index contributed by atoms with van der Waals surface area (Å²) in [5.74, 6) is 1.78. The lowest BCUT2D eigenvalue weighted by Gasteiger charge is -2.21. The predicted octanol–water partition coefficient (Wildman–Crippen LogP) is 3.20. The van der Waals surface area contributed by atoms with E-state index in [-0.39, 0.29) is 12.5 Å². The van der Waals surface area contributed by atoms with Crippen molar-refractivity contribution in [2.75, 3.05) is 27.4 Å². The number of benzene rings is 2. The molecule has 0 aliphatic rings. The number of likely N-dealkylation sites (N-methyl/N-ethyl adjacent to an activating group) is 1. The quantitative estimate of drug-likeness (QED) is 0.680. The van der Waals surface area contributed by atoms with Gasteiger partial charge in [-0.15, -0.1) is 0 Å². The molecule has 0 unspecified atom stereocenters. The Labute approximate surface area is 159 Å². The van der Waals surface area contributed by atoms with Crippen LogP contribution < -0.4 is 14.2 Å². The zero-order valence-electron chi connectivity index (χ0n) is 15.9. The zero-order chi connectivity index (χ0) is 19.6. The van der Waals surface area contributed by atoms with Crippen LogP contribution in [-0.4, -0.2) is 38.2 Å². The molecule has 0 bridgehead atoms. The van der Waals surface area contributed by atoms with Crippen LogP contribution in [0.4, 0.5) is 0 Å². The third-order valence-electron chi connectivity index (χ3n) is 4.12. The third kappa shape index (κ3) is 5.65. The highest BCUT2D eigenvalue weighted by atomic mass is 16.5. The maximum Gasteiger partial charge on any atom is 0.260 e. The summed E-state index contributed by atoms with van der Waals surface area (Å²) in [6, 6.07) is 14.9. The van der Waals surface area contributed by atoms with Crippen molar-refractivity contribution in [1.29, 1.82) is 5.26 Å². The smallest absolute Gasteiger partial charge is 0.260 e. The summed E-state index contributed by atoms with van der Waals surface area (Å²) in [5, 5.41) is 8.69. The fraction of sp³-hybridized carbons (Fsp3) is 0.333. The first-order valence-electron chi connectivity index (χ1n) is 8.68. The highest BCUT2D eigenvalue weighted by molar-refractivity contribution is 5.77. The Kier molecular flexibility index (Phi) is 7.50. The van der Waals surface area contributed by atoms with Crippen LogP contribution in [0.1, 0.15) is 18.1 Å². The van der Waals surface area contributed by atoms with Gasteiger partial charge in [-0.3, -0.25) is 4.79 Å². The molecule has 2 aromatic rings. The maximum atomic E-state index is 12.5. The number of nitrogens with zero attached hydrogens (tertiary/aromatic N) is 2. The highest BCUT2D eigenvalue weighted by Gasteiger charge is 2.14. The van der Waals surface area contributed by atoms with Crippen molar-refractivity contribution in [3.63, 3.8) is 0 Å². The highest BCUT2D eigenvalue weighted by Crippen LogP contribution is 2.28. The first kappa shape index (κ1) is 20.1. The lowest BCUT2D eigenvalue weighted by molar-refractivity contribution is -0.133. The summed E-state index contributed by atoms with van der Waals surface area (Å²) in [6.45, 7) is 2.91. The van der Waals surface area contributed by atoms with Gasteiger partial charge in [0, 0.05) is 13.1 Å². The van der Waals surface area contributed by atoms with Gasteiger partial charge < -0.3 is 19.1 Å². The van der Waals surface area contributed by atoms with Gasteiger partial charge in [-0.2, -0.15) is 5.26 Å². The van der Waals surface area contributed by atoms with Crippen molar-refractivity contribution in [2.24, 2.45) is 0 Å². The van der Waals surface area contributed by atoms with Gasteiger partial charge in [0.1, 0.15) is 5.75 Å². The van der Waals surface area contributed by atoms with Crippen LogP contribution >= 0.6 is 0 Å². The Morgan fingerprint density at radius 1 is 1.04 bits per heavy atom. The second-order valence-corrected chi connectivity index (χ2v) is 5.86. The number of nitriles is 1. The normalized spacial score (nSPS) is 10.0. The Balaban J connectivity index is 1.96. The Bertz CT molecular complexity index is 797. The maximum absolute atomic E-state index is 12.5. The lowest BCUT2D eigenvalue weighted by Crippen LogP contribution is -2.34. The molecule has 6 nitrogen and oxygen atoms in total. The van der Waals surface area contributed by atoms with E-state index < -0.39 is 0 Å². The minimum Gasteiger partial charge on any atom is -0.493 e. The lowest BCUT2D eigenvalue weighted by atomic mass is 10.2. The molecule has 2 rings (SSSR count). The summed E-state index contributed by atoms with van der Waals surface area (Å²) in [6.07, 6.45) is 0.355. The average Bonchev–Trinajstić information content (AvgIpc) is 2.71. The molecular formula is C21H24N2O4. The van der Waals surface area contributed by atoms with E-state index in [9.17, 15) is 4.79 Å². The van der Waals surface area contributed by atoms with Crippen molar-refractivity contribution in [2.45, 2.75) is 19.9 Å². The van der Waals surface area contributed by atoms with Gasteiger partial charge in [0.05, 0.1) is 26.7 Å². The second-order valence-electron chi connectivity index (χ2n) is 5.86. The molecule has 0 N–H and O–H groups in total. The minimum atomic E-state index is -0.103. The summed E-state index contributed by atoms with van der Waals surface area (Å²) in [4.78, 5) is 14.2. The van der Waals surface area contributed by atoms with E-state index in [0.717, 1.165) is 11.1 Å². The number of rotatable bonds is 9. The standard InChI is InChI=1S/C21H24N2O4/c1-4-23(14-17-7-10-19(25-2)20(13-17)26-3)21(24)15-27-18-8-5-16(6-9-18)11-12-22/h5-10,13H,4,11,14-15H2,1-3H3. The molecule has 0 aliphatic carbocycles. The van der Waals surface area contributed by atoms with Crippen LogP contribution in [0, 0.1) is 11.3 Å². The van der Waals surface area contributed by atoms with Crippen molar-refractivity contribution in [1.82, 2.24) is 4.90 Å². The fourth-order valence-corrected chi connectivity index (χ4v) is 2.61. The Hall–Kier alpha value is -3.20. The van der Waals surface area contributed by atoms with E-state index in [1.54, 1.807) is 31.3 Å². The number of carbonyl (C=O) groups is 1. The minimum absolute atomic E-state index is 0.0429. The Morgan fingerprint density at radius 3 is 2.30 bits per heavy atom. The summed E-state index contributed by atoms with van der Waals surface area (Å²) in [5.41, 5.74) is 1.86. The number of carbonyl (C=O) groups excluding carboxylic acids is 1. The number of amides is 1. The molecule has 0 aromatic heterocycles. The van der Waals surface area contributed by atoms with E-state index in [0.29, 0.717) is 36.8 Å². The van der Waals surface area contributed by atoms with Crippen molar-refractivity contribution < 1.29 is 19.0 Å². The van der Waals surface area contributed by atoms with Crippen molar-refractivity contribution in [3.05, 3.63) is 53.6 Å². The molecule has 0 atom stereocenters. The van der Waals surface area contributed by atoms with Crippen molar-refractivity contribution >= 4 is 5.91 Å². The van der Waals surface area contributed by atoms with E-state index >= 15 is 0 Å². The first-order chi connectivity index (χ1) is 13.1. The molecule has 0 spiro atoms. The number of hydrogen-bond donors (Lipinski definition) is 0. The van der Waals surface area contributed by atoms with E-state index in [1.165, 1.54) is 0 Å². The molecule has 0 aliphatic heterocycles. The molecule has 6 heteroatoms. The van der Waals surface area contributed by atoms with E-state index in [2.05, 4.69) is 6.07 Å². The molecule has 0 fully saturated rings. The molecule has 2 aromatic carbocycles. The fourth-order valence-electron chi connectivity index (χ4n) is 2.61. The average molecular weight is 368 g/mol. The second kappa shape index (κ2) is 10.1. The van der Waals surface area contributed by atoms with Gasteiger partial charge in [-0.25, -0.2) is 0 Å².